The van der Waals surface area contributed by atoms with Gasteiger partial charge in [-0.2, -0.15) is 5.10 Å². The second-order valence-corrected chi connectivity index (χ2v) is 7.59. The number of methoxy groups -OCH3 is 2. The van der Waals surface area contributed by atoms with Gasteiger partial charge in [0.05, 0.1) is 26.0 Å². The Morgan fingerprint density at radius 1 is 1.06 bits per heavy atom. The normalized spacial score (nSPS) is 15.2. The summed E-state index contributed by atoms with van der Waals surface area (Å²) in [7, 11) is 4.84. The third-order valence-corrected chi connectivity index (χ3v) is 5.34. The second kappa shape index (κ2) is 10.7. The number of nitrogens with zero attached hydrogens (tertiary/aromatic N) is 3. The fourth-order valence-corrected chi connectivity index (χ4v) is 3.50. The topological polar surface area (TPSA) is 83.5 Å². The minimum absolute atomic E-state index is 0.0679. The molecule has 8 nitrogen and oxygen atoms in total. The van der Waals surface area contributed by atoms with E-state index in [-0.39, 0.29) is 24.5 Å². The van der Waals surface area contributed by atoms with Crippen LogP contribution in [0.2, 0.25) is 0 Å². The molecule has 2 aromatic rings. The number of ether oxygens (including phenoxy) is 2. The van der Waals surface area contributed by atoms with Crippen LogP contribution in [0, 0.1) is 0 Å². The first-order valence-corrected chi connectivity index (χ1v) is 10.6. The first-order valence-electron chi connectivity index (χ1n) is 10.6. The summed E-state index contributed by atoms with van der Waals surface area (Å²) in [6.45, 7) is 2.47. The molecule has 170 valence electrons. The Morgan fingerprint density at radius 2 is 1.66 bits per heavy atom. The van der Waals surface area contributed by atoms with Crippen molar-refractivity contribution in [2.75, 3.05) is 34.4 Å². The molecule has 0 fully saturated rings. The molecule has 0 unspecified atom stereocenters. The molecule has 3 amide bonds. The van der Waals surface area contributed by atoms with Crippen molar-refractivity contribution in [1.29, 1.82) is 0 Å². The molecule has 3 rings (SSSR count). The molecular weight excluding hydrogens is 408 g/mol. The van der Waals surface area contributed by atoms with Crippen LogP contribution in [0.5, 0.6) is 11.5 Å². The number of hydrogen-bond donors (Lipinski definition) is 1. The number of hydrazone groups is 1. The van der Waals surface area contributed by atoms with Crippen LogP contribution < -0.4 is 14.8 Å². The summed E-state index contributed by atoms with van der Waals surface area (Å²) in [4.78, 5) is 26.8. The van der Waals surface area contributed by atoms with E-state index in [0.717, 1.165) is 34.8 Å². The highest BCUT2D eigenvalue weighted by Crippen LogP contribution is 2.34. The van der Waals surface area contributed by atoms with Gasteiger partial charge >= 0.3 is 6.03 Å². The Kier molecular flexibility index (Phi) is 7.70. The van der Waals surface area contributed by atoms with E-state index in [1.54, 1.807) is 21.3 Å². The Bertz CT molecular complexity index is 957. The van der Waals surface area contributed by atoms with Crippen molar-refractivity contribution >= 4 is 17.6 Å². The molecule has 0 saturated heterocycles. The van der Waals surface area contributed by atoms with Crippen LogP contribution in [0.25, 0.3) is 0 Å². The number of rotatable bonds is 8. The van der Waals surface area contributed by atoms with Crippen LogP contribution in [0.3, 0.4) is 0 Å². The van der Waals surface area contributed by atoms with Crippen molar-refractivity contribution < 1.29 is 19.1 Å². The molecule has 1 heterocycles. The molecule has 1 N–H and O–H groups in total. The maximum atomic E-state index is 13.2. The lowest BCUT2D eigenvalue weighted by molar-refractivity contribution is -0.133. The lowest BCUT2D eigenvalue weighted by Gasteiger charge is -2.25. The number of amides is 3. The lowest BCUT2D eigenvalue weighted by Crippen LogP contribution is -2.43. The van der Waals surface area contributed by atoms with E-state index in [1.165, 1.54) is 9.91 Å². The molecule has 32 heavy (non-hydrogen) atoms. The van der Waals surface area contributed by atoms with E-state index in [2.05, 4.69) is 10.4 Å². The number of benzene rings is 2. The molecule has 1 atom stereocenters. The number of nitrogens with one attached hydrogen (secondary N) is 1. The third kappa shape index (κ3) is 5.38. The van der Waals surface area contributed by atoms with Crippen molar-refractivity contribution in [3.63, 3.8) is 0 Å². The summed E-state index contributed by atoms with van der Waals surface area (Å²) in [5.74, 6) is 1.25. The number of likely N-dealkylation sites (N-methyl/N-ethyl adjacent to an activating group) is 1. The number of urea groups is 1. The fourth-order valence-electron chi connectivity index (χ4n) is 3.50. The van der Waals surface area contributed by atoms with Gasteiger partial charge in [0, 0.05) is 20.0 Å². The van der Waals surface area contributed by atoms with Gasteiger partial charge in [-0.25, -0.2) is 9.80 Å². The van der Waals surface area contributed by atoms with Crippen molar-refractivity contribution in [1.82, 2.24) is 15.2 Å². The zero-order valence-electron chi connectivity index (χ0n) is 19.0. The fraction of sp³-hybridized carbons (Fsp3) is 0.375. The van der Waals surface area contributed by atoms with Gasteiger partial charge < -0.3 is 19.7 Å². The molecule has 0 aliphatic carbocycles. The maximum Gasteiger partial charge on any atom is 0.317 e. The van der Waals surface area contributed by atoms with Gasteiger partial charge in [-0.05, 0) is 53.9 Å². The third-order valence-electron chi connectivity index (χ3n) is 5.34. The van der Waals surface area contributed by atoms with Gasteiger partial charge in [0.1, 0.15) is 18.0 Å². The largest absolute Gasteiger partial charge is 0.497 e. The van der Waals surface area contributed by atoms with Gasteiger partial charge in [-0.15, -0.1) is 0 Å². The van der Waals surface area contributed by atoms with Crippen LogP contribution in [-0.2, 0) is 4.79 Å². The summed E-state index contributed by atoms with van der Waals surface area (Å²) in [6.07, 6.45) is 1.39. The van der Waals surface area contributed by atoms with E-state index in [0.29, 0.717) is 13.0 Å². The number of carbonyl (C=O) groups excluding carboxylic acids is 2. The first-order chi connectivity index (χ1) is 15.5. The smallest absolute Gasteiger partial charge is 0.317 e. The zero-order chi connectivity index (χ0) is 23.1. The maximum absolute atomic E-state index is 13.2. The average Bonchev–Trinajstić information content (AvgIpc) is 3.28. The first kappa shape index (κ1) is 23.1. The van der Waals surface area contributed by atoms with Crippen LogP contribution in [0.1, 0.15) is 36.9 Å². The van der Waals surface area contributed by atoms with Crippen molar-refractivity contribution in [2.45, 2.75) is 25.8 Å². The molecule has 0 aromatic heterocycles. The van der Waals surface area contributed by atoms with E-state index in [4.69, 9.17) is 9.47 Å². The van der Waals surface area contributed by atoms with E-state index >= 15 is 0 Å². The van der Waals surface area contributed by atoms with Gasteiger partial charge in [-0.3, -0.25) is 4.79 Å². The second-order valence-electron chi connectivity index (χ2n) is 7.59. The standard InChI is InChI=1S/C24H30N4O4/c1-5-14-25-24(30)27(2)16-23(29)28-22(18-8-12-20(32-4)13-9-18)15-21(26-28)17-6-10-19(31-3)11-7-17/h6-13,22H,5,14-16H2,1-4H3,(H,25,30)/t22-/m1/s1. The number of carbonyl (C=O) groups is 2. The van der Waals surface area contributed by atoms with Gasteiger partial charge in [0.25, 0.3) is 5.91 Å². The summed E-state index contributed by atoms with van der Waals surface area (Å²) < 4.78 is 10.5. The molecule has 0 bridgehead atoms. The molecule has 1 aliphatic heterocycles. The Hall–Kier alpha value is -3.55. The van der Waals surface area contributed by atoms with Crippen LogP contribution >= 0.6 is 0 Å². The van der Waals surface area contributed by atoms with E-state index in [9.17, 15) is 9.59 Å². The van der Waals surface area contributed by atoms with Gasteiger partial charge in [-0.1, -0.05) is 19.1 Å². The molecule has 2 aromatic carbocycles. The van der Waals surface area contributed by atoms with Gasteiger partial charge in [0.2, 0.25) is 0 Å². The Labute approximate surface area is 188 Å². The average molecular weight is 439 g/mol. The highest BCUT2D eigenvalue weighted by atomic mass is 16.5. The van der Waals surface area contributed by atoms with Crippen LogP contribution in [0.4, 0.5) is 4.79 Å². The molecule has 1 aliphatic rings. The van der Waals surface area contributed by atoms with E-state index in [1.807, 2.05) is 55.5 Å². The predicted molar refractivity (Wildman–Crippen MR) is 123 cm³/mol. The SMILES string of the molecule is CCCNC(=O)N(C)CC(=O)N1N=C(c2ccc(OC)cc2)C[C@@H]1c1ccc(OC)cc1. The molecular formula is C24H30N4O4. The monoisotopic (exact) mass is 438 g/mol. The van der Waals surface area contributed by atoms with Crippen LogP contribution in [0.15, 0.2) is 53.6 Å². The van der Waals surface area contributed by atoms with Gasteiger partial charge in [0.15, 0.2) is 0 Å². The minimum Gasteiger partial charge on any atom is -0.497 e. The molecule has 0 saturated carbocycles. The molecule has 0 radical (unpaired) electrons. The Morgan fingerprint density at radius 3 is 2.22 bits per heavy atom. The predicted octanol–water partition coefficient (Wildman–Crippen LogP) is 3.43. The van der Waals surface area contributed by atoms with Crippen LogP contribution in [-0.4, -0.2) is 61.9 Å². The minimum atomic E-state index is -0.278. The highest BCUT2D eigenvalue weighted by molar-refractivity contribution is 6.03. The summed E-state index contributed by atoms with van der Waals surface area (Å²) in [5, 5.41) is 8.93. The highest BCUT2D eigenvalue weighted by Gasteiger charge is 2.34. The molecule has 8 heteroatoms. The van der Waals surface area contributed by atoms with Crippen molar-refractivity contribution in [2.24, 2.45) is 5.10 Å². The summed E-state index contributed by atoms with van der Waals surface area (Å²) >= 11 is 0. The lowest BCUT2D eigenvalue weighted by atomic mass is 9.98. The summed E-state index contributed by atoms with van der Waals surface area (Å²) in [5.41, 5.74) is 2.68. The quantitative estimate of drug-likeness (QED) is 0.684. The Balaban J connectivity index is 1.84. The number of hydrogen-bond acceptors (Lipinski definition) is 5. The van der Waals surface area contributed by atoms with Crippen molar-refractivity contribution in [3.8, 4) is 11.5 Å². The zero-order valence-corrected chi connectivity index (χ0v) is 19.0. The molecule has 0 spiro atoms. The summed E-state index contributed by atoms with van der Waals surface area (Å²) in [6, 6.07) is 14.7. The van der Waals surface area contributed by atoms with E-state index < -0.39 is 0 Å². The van der Waals surface area contributed by atoms with Crippen molar-refractivity contribution in [3.05, 3.63) is 59.7 Å².